The van der Waals surface area contributed by atoms with Gasteiger partial charge in [0, 0.05) is 36.5 Å². The number of sulfone groups is 1. The van der Waals surface area contributed by atoms with E-state index in [1.165, 1.54) is 12.3 Å². The van der Waals surface area contributed by atoms with E-state index in [0.717, 1.165) is 29.7 Å². The number of allylic oxidation sites excluding steroid dienone is 1. The zero-order valence-corrected chi connectivity index (χ0v) is 18.8. The highest BCUT2D eigenvalue weighted by Gasteiger charge is 2.18. The molecule has 1 saturated heterocycles. The predicted octanol–water partition coefficient (Wildman–Crippen LogP) is 4.37. The number of benzene rings is 1. The molecule has 0 aliphatic carbocycles. The Kier molecular flexibility index (Phi) is 7.03. The van der Waals surface area contributed by atoms with E-state index >= 15 is 0 Å². The van der Waals surface area contributed by atoms with Gasteiger partial charge in [0.2, 0.25) is 0 Å². The minimum atomic E-state index is -3.41. The first-order valence-electron chi connectivity index (χ1n) is 10.8. The lowest BCUT2D eigenvalue weighted by molar-refractivity contribution is 0.0786. The molecule has 0 atom stereocenters. The van der Waals surface area contributed by atoms with Crippen LogP contribution < -0.4 is 0 Å². The van der Waals surface area contributed by atoms with E-state index in [1.54, 1.807) is 12.1 Å². The number of hydrogen-bond acceptors (Lipinski definition) is 5. The molecule has 4 rings (SSSR count). The summed E-state index contributed by atoms with van der Waals surface area (Å²) in [6.07, 6.45) is 5.22. The summed E-state index contributed by atoms with van der Waals surface area (Å²) in [5.74, 6) is -0.103. The lowest BCUT2D eigenvalue weighted by atomic mass is 9.93. The molecule has 0 spiro atoms. The van der Waals surface area contributed by atoms with Crippen LogP contribution in [0, 0.1) is 11.7 Å². The average molecular weight is 459 g/mol. The maximum absolute atomic E-state index is 13.6. The number of nitrogens with one attached hydrogen (secondary N) is 1. The highest BCUT2D eigenvalue weighted by atomic mass is 32.2. The van der Waals surface area contributed by atoms with E-state index in [1.807, 2.05) is 25.1 Å². The van der Waals surface area contributed by atoms with Crippen molar-refractivity contribution in [2.45, 2.75) is 24.7 Å². The van der Waals surface area contributed by atoms with Crippen LogP contribution in [0.15, 0.2) is 53.6 Å². The Labute approximate surface area is 187 Å². The van der Waals surface area contributed by atoms with Crippen LogP contribution >= 0.6 is 0 Å². The van der Waals surface area contributed by atoms with Crippen LogP contribution in [0.25, 0.3) is 16.6 Å². The van der Waals surface area contributed by atoms with Crippen molar-refractivity contribution in [2.24, 2.45) is 5.92 Å². The van der Waals surface area contributed by atoms with Crippen molar-refractivity contribution in [3.63, 3.8) is 0 Å². The summed E-state index contributed by atoms with van der Waals surface area (Å²) in [7, 11) is -3.41. The number of H-pyrrole nitrogens is 1. The summed E-state index contributed by atoms with van der Waals surface area (Å²) in [4.78, 5) is 7.69. The van der Waals surface area contributed by atoms with Gasteiger partial charge in [0.25, 0.3) is 0 Å². The van der Waals surface area contributed by atoms with Gasteiger partial charge in [0.15, 0.2) is 9.84 Å². The van der Waals surface area contributed by atoms with E-state index in [-0.39, 0.29) is 23.1 Å². The first-order chi connectivity index (χ1) is 15.5. The van der Waals surface area contributed by atoms with E-state index < -0.39 is 9.84 Å². The molecule has 0 unspecified atom stereocenters. The van der Waals surface area contributed by atoms with E-state index in [4.69, 9.17) is 9.47 Å². The van der Waals surface area contributed by atoms with Crippen molar-refractivity contribution < 1.29 is 22.3 Å². The van der Waals surface area contributed by atoms with Crippen LogP contribution in [0.1, 0.15) is 31.0 Å². The van der Waals surface area contributed by atoms with Crippen molar-refractivity contribution in [1.29, 1.82) is 0 Å². The van der Waals surface area contributed by atoms with Crippen LogP contribution in [0.4, 0.5) is 4.39 Å². The molecule has 0 radical (unpaired) electrons. The average Bonchev–Trinajstić information content (AvgIpc) is 3.21. The first kappa shape index (κ1) is 22.6. The molecule has 2 aromatic heterocycles. The Balaban J connectivity index is 1.69. The van der Waals surface area contributed by atoms with Crippen molar-refractivity contribution in [3.8, 4) is 0 Å². The summed E-state index contributed by atoms with van der Waals surface area (Å²) in [5, 5.41) is 0.688. The Morgan fingerprint density at radius 3 is 2.72 bits per heavy atom. The maximum Gasteiger partial charge on any atom is 0.180 e. The van der Waals surface area contributed by atoms with Gasteiger partial charge in [0.05, 0.1) is 23.5 Å². The minimum absolute atomic E-state index is 0.0514. The third kappa shape index (κ3) is 5.26. The molecule has 6 nitrogen and oxygen atoms in total. The second-order valence-corrected chi connectivity index (χ2v) is 9.95. The number of aromatic nitrogens is 2. The second-order valence-electron chi connectivity index (χ2n) is 7.84. The predicted molar refractivity (Wildman–Crippen MR) is 122 cm³/mol. The van der Waals surface area contributed by atoms with E-state index in [2.05, 4.69) is 16.0 Å². The number of ether oxygens (including phenoxy) is 2. The largest absolute Gasteiger partial charge is 0.381 e. The van der Waals surface area contributed by atoms with Crippen LogP contribution in [-0.2, 0) is 19.3 Å². The van der Waals surface area contributed by atoms with Crippen LogP contribution in [0.5, 0.6) is 0 Å². The van der Waals surface area contributed by atoms with Crippen LogP contribution in [-0.4, -0.2) is 50.6 Å². The summed E-state index contributed by atoms with van der Waals surface area (Å²) in [6, 6.07) is 10.2. The Bertz CT molecular complexity index is 1200. The fraction of sp³-hybridized carbons (Fsp3) is 0.375. The zero-order valence-electron chi connectivity index (χ0n) is 18.0. The molecule has 8 heteroatoms. The van der Waals surface area contributed by atoms with Crippen molar-refractivity contribution in [2.75, 3.05) is 32.2 Å². The van der Waals surface area contributed by atoms with Gasteiger partial charge in [-0.2, -0.15) is 0 Å². The summed E-state index contributed by atoms with van der Waals surface area (Å²) in [5.41, 5.74) is 3.24. The Hall–Kier alpha value is -2.55. The molecule has 3 aromatic rings. The molecule has 1 fully saturated rings. The standard InChI is InChI=1S/C24H27FN2O4S/c1-2-30-11-12-32(28,29)21-5-3-18(4-6-21)22(13-17-7-9-31-10-8-17)23-15-19-14-20(25)16-26-24(19)27-23/h3-6,13-17H,2,7-12H2,1H3,(H,26,27). The van der Waals surface area contributed by atoms with Gasteiger partial charge >= 0.3 is 0 Å². The van der Waals surface area contributed by atoms with E-state index in [9.17, 15) is 12.8 Å². The monoisotopic (exact) mass is 458 g/mol. The molecule has 170 valence electrons. The lowest BCUT2D eigenvalue weighted by Gasteiger charge is -2.20. The molecule has 1 N–H and O–H groups in total. The molecule has 0 saturated carbocycles. The van der Waals surface area contributed by atoms with Gasteiger partial charge in [-0.05, 0) is 55.5 Å². The van der Waals surface area contributed by atoms with Gasteiger partial charge in [-0.25, -0.2) is 17.8 Å². The quantitative estimate of drug-likeness (QED) is 0.507. The summed E-state index contributed by atoms with van der Waals surface area (Å²) >= 11 is 0. The number of halogens is 1. The van der Waals surface area contributed by atoms with Crippen molar-refractivity contribution >= 4 is 26.4 Å². The molecular weight excluding hydrogens is 431 g/mol. The fourth-order valence-electron chi connectivity index (χ4n) is 3.87. The molecule has 1 aliphatic rings. The van der Waals surface area contributed by atoms with Gasteiger partial charge < -0.3 is 14.5 Å². The van der Waals surface area contributed by atoms with Crippen molar-refractivity contribution in [3.05, 3.63) is 65.7 Å². The third-order valence-electron chi connectivity index (χ3n) is 5.62. The number of nitrogens with zero attached hydrogens (tertiary/aromatic N) is 1. The SMILES string of the molecule is CCOCCS(=O)(=O)c1ccc(C(=CC2CCOCC2)c2cc3cc(F)cnc3[nH]2)cc1. The fourth-order valence-corrected chi connectivity index (χ4v) is 4.99. The molecular formula is C24H27FN2O4S. The molecule has 1 aromatic carbocycles. The number of hydrogen-bond donors (Lipinski definition) is 1. The molecule has 32 heavy (non-hydrogen) atoms. The minimum Gasteiger partial charge on any atom is -0.381 e. The van der Waals surface area contributed by atoms with Gasteiger partial charge in [-0.3, -0.25) is 0 Å². The topological polar surface area (TPSA) is 81.3 Å². The summed E-state index contributed by atoms with van der Waals surface area (Å²) in [6.45, 7) is 3.92. The lowest BCUT2D eigenvalue weighted by Crippen LogP contribution is -2.14. The Morgan fingerprint density at radius 2 is 2.00 bits per heavy atom. The van der Waals surface area contributed by atoms with Gasteiger partial charge in [-0.1, -0.05) is 18.2 Å². The van der Waals surface area contributed by atoms with Crippen molar-refractivity contribution in [1.82, 2.24) is 9.97 Å². The third-order valence-corrected chi connectivity index (χ3v) is 7.31. The highest BCUT2D eigenvalue weighted by molar-refractivity contribution is 7.91. The van der Waals surface area contributed by atoms with Gasteiger partial charge in [-0.15, -0.1) is 0 Å². The second kappa shape index (κ2) is 9.94. The number of pyridine rings is 1. The molecule has 3 heterocycles. The maximum atomic E-state index is 13.6. The molecule has 0 bridgehead atoms. The molecule has 0 amide bonds. The first-order valence-corrected chi connectivity index (χ1v) is 12.5. The number of aromatic amines is 1. The van der Waals surface area contributed by atoms with Gasteiger partial charge in [0.1, 0.15) is 11.5 Å². The smallest absolute Gasteiger partial charge is 0.180 e. The summed E-state index contributed by atoms with van der Waals surface area (Å²) < 4.78 is 49.4. The Morgan fingerprint density at radius 1 is 1.25 bits per heavy atom. The highest BCUT2D eigenvalue weighted by Crippen LogP contribution is 2.30. The normalized spacial score (nSPS) is 16.0. The van der Waals surface area contributed by atoms with Crippen LogP contribution in [0.2, 0.25) is 0 Å². The van der Waals surface area contributed by atoms with E-state index in [0.29, 0.717) is 36.8 Å². The molecule has 1 aliphatic heterocycles. The number of rotatable bonds is 8. The number of fused-ring (bicyclic) bond motifs is 1. The zero-order chi connectivity index (χ0) is 22.6. The van der Waals surface area contributed by atoms with Crippen LogP contribution in [0.3, 0.4) is 0 Å².